The molecule has 2 aromatic heterocycles. The Morgan fingerprint density at radius 1 is 0.877 bits per heavy atom. The Hall–Kier alpha value is -5.93. The molecule has 1 unspecified atom stereocenters. The predicted molar refractivity (Wildman–Crippen MR) is 227 cm³/mol. The molecule has 65 heavy (non-hydrogen) atoms. The fraction of sp³-hybridized carbons (Fsp3) is 0.488. The standard InChI is InChI=1S/C22H25F2N3O6.C13H9ClF2N2O3.C6H10O3.2CH4/c1-21(2,3)33-20(31)27-12-13(11-16(27)19(29)30)32-18-17(22(23,24)9-6-10-28)25-14-7-4-5-8-15(14)26-18;14-11-10(17-8-3-1-2-4-9(8)18-11)13(15,16)5-7-6-20-12(19)21-7;7-5-2-1-4(3-5)6(8)9;;/h4-9,13,16,28H,10-12H2,1-3H3,(H,29,30);1-4,7H,5-6H2;4-5,7H,1-3H2,(H,8,9);2*1H4/b9-6+;;;;/t13-,16+;;4-,5-;;/m1.0../s1. The van der Waals surface area contributed by atoms with Gasteiger partial charge >= 0.3 is 30.1 Å². The van der Waals surface area contributed by atoms with Crippen molar-refractivity contribution in [2.45, 2.75) is 110 Å². The smallest absolute Gasteiger partial charge is 0.481 e. The maximum Gasteiger partial charge on any atom is 0.508 e. The minimum absolute atomic E-state index is 0. The van der Waals surface area contributed by atoms with Gasteiger partial charge in [-0.2, -0.15) is 17.6 Å². The van der Waals surface area contributed by atoms with E-state index in [-0.39, 0.29) is 57.1 Å². The number of carboxylic acid groups (broad SMARTS) is 2. The van der Waals surface area contributed by atoms with Gasteiger partial charge in [-0.1, -0.05) is 56.8 Å². The number of fused-ring (bicyclic) bond motifs is 2. The third-order valence-electron chi connectivity index (χ3n) is 9.50. The van der Waals surface area contributed by atoms with Crippen LogP contribution >= 0.6 is 11.6 Å². The topological polar surface area (TPSA) is 241 Å². The Morgan fingerprint density at radius 3 is 1.92 bits per heavy atom. The van der Waals surface area contributed by atoms with Crippen LogP contribution in [0.1, 0.15) is 79.1 Å². The number of carbonyl (C=O) groups excluding carboxylic acids is 2. The lowest BCUT2D eigenvalue weighted by Gasteiger charge is -2.26. The number of nitrogens with zero attached hydrogens (tertiary/aromatic N) is 5. The Morgan fingerprint density at radius 2 is 1.45 bits per heavy atom. The number of carbonyl (C=O) groups is 4. The van der Waals surface area contributed by atoms with E-state index in [4.69, 9.17) is 36.4 Å². The van der Waals surface area contributed by atoms with E-state index in [2.05, 4.69) is 29.4 Å². The number of cyclic esters (lactones) is 2. The van der Waals surface area contributed by atoms with Crippen LogP contribution in [0.3, 0.4) is 0 Å². The van der Waals surface area contributed by atoms with Crippen LogP contribution < -0.4 is 4.74 Å². The van der Waals surface area contributed by atoms with Gasteiger partial charge in [0.2, 0.25) is 5.88 Å². The van der Waals surface area contributed by atoms with Crippen LogP contribution in [-0.2, 0) is 35.6 Å². The molecule has 0 spiro atoms. The van der Waals surface area contributed by atoms with Crippen LogP contribution in [0.2, 0.25) is 5.15 Å². The van der Waals surface area contributed by atoms with Gasteiger partial charge in [-0.15, -0.1) is 0 Å². The zero-order valence-electron chi connectivity index (χ0n) is 34.0. The maximum atomic E-state index is 14.8. The molecular weight excluding hydrogens is 890 g/mol. The number of aliphatic hydroxyl groups excluding tert-OH is 2. The molecule has 3 aliphatic rings. The van der Waals surface area contributed by atoms with Crippen molar-refractivity contribution in [1.82, 2.24) is 24.8 Å². The van der Waals surface area contributed by atoms with Crippen molar-refractivity contribution in [2.24, 2.45) is 5.92 Å². The molecule has 0 bridgehead atoms. The first-order chi connectivity index (χ1) is 29.6. The Balaban J connectivity index is 0.000000298. The Bertz CT molecular complexity index is 2340. The molecule has 356 valence electrons. The maximum absolute atomic E-state index is 14.8. The summed E-state index contributed by atoms with van der Waals surface area (Å²) >= 11 is 5.81. The van der Waals surface area contributed by atoms with Gasteiger partial charge in [0.1, 0.15) is 36.2 Å². The number of ether oxygens (including phenoxy) is 4. The van der Waals surface area contributed by atoms with E-state index in [0.717, 1.165) is 11.0 Å². The summed E-state index contributed by atoms with van der Waals surface area (Å²) in [6.07, 6.45) is -1.96. The number of rotatable bonds is 10. The summed E-state index contributed by atoms with van der Waals surface area (Å²) in [6.45, 7) is 3.92. The molecule has 17 nitrogen and oxygen atoms in total. The molecule has 4 heterocycles. The van der Waals surface area contributed by atoms with Gasteiger partial charge in [0.05, 0.1) is 53.7 Å². The number of aliphatic hydroxyl groups is 2. The number of carboxylic acids is 2. The molecule has 2 aliphatic heterocycles. The van der Waals surface area contributed by atoms with Crippen LogP contribution in [0, 0.1) is 5.92 Å². The zero-order valence-corrected chi connectivity index (χ0v) is 34.8. The van der Waals surface area contributed by atoms with Crippen molar-refractivity contribution >= 4 is 57.9 Å². The van der Waals surface area contributed by atoms with E-state index >= 15 is 0 Å². The lowest BCUT2D eigenvalue weighted by Crippen LogP contribution is -2.43. The first-order valence-corrected chi connectivity index (χ1v) is 19.8. The minimum atomic E-state index is -3.62. The quantitative estimate of drug-likeness (QED) is 0.0671. The number of para-hydroxylation sites is 4. The molecule has 2 saturated heterocycles. The van der Waals surface area contributed by atoms with Crippen LogP contribution in [0.4, 0.5) is 27.2 Å². The normalized spacial score (nSPS) is 20.6. The molecule has 1 saturated carbocycles. The molecule has 4 aromatic rings. The second-order valence-corrected chi connectivity index (χ2v) is 16.0. The number of hydrogen-bond acceptors (Lipinski definition) is 14. The van der Waals surface area contributed by atoms with E-state index in [1.54, 1.807) is 63.2 Å². The van der Waals surface area contributed by atoms with Crippen molar-refractivity contribution in [1.29, 1.82) is 0 Å². The van der Waals surface area contributed by atoms with E-state index in [0.29, 0.717) is 41.9 Å². The molecule has 1 aliphatic carbocycles. The average molecular weight is 942 g/mol. The summed E-state index contributed by atoms with van der Waals surface area (Å²) in [5.74, 6) is -9.82. The molecule has 4 N–H and O–H groups in total. The Kier molecular flexibility index (Phi) is 18.3. The molecular formula is C43H52ClF4N5O12. The number of likely N-dealkylation sites (tertiary alicyclic amines) is 1. The van der Waals surface area contributed by atoms with E-state index in [9.17, 15) is 41.8 Å². The van der Waals surface area contributed by atoms with Gasteiger partial charge in [0, 0.05) is 6.42 Å². The number of amides is 1. The summed E-state index contributed by atoms with van der Waals surface area (Å²) in [5.41, 5.74) is -1.01. The fourth-order valence-corrected chi connectivity index (χ4v) is 6.87. The zero-order chi connectivity index (χ0) is 46.3. The second kappa shape index (κ2) is 22.3. The molecule has 1 amide bonds. The number of aliphatic carboxylic acids is 2. The van der Waals surface area contributed by atoms with Crippen LogP contribution in [0.5, 0.6) is 5.88 Å². The summed E-state index contributed by atoms with van der Waals surface area (Å²) < 4.78 is 78.3. The van der Waals surface area contributed by atoms with E-state index < -0.39 is 90.2 Å². The highest BCUT2D eigenvalue weighted by atomic mass is 35.5. The summed E-state index contributed by atoms with van der Waals surface area (Å²) in [7, 11) is 0. The van der Waals surface area contributed by atoms with Gasteiger partial charge in [0.25, 0.3) is 5.92 Å². The average Bonchev–Trinajstić information content (AvgIpc) is 3.96. The molecule has 22 heteroatoms. The van der Waals surface area contributed by atoms with Crippen molar-refractivity contribution in [3.8, 4) is 5.88 Å². The number of aromatic nitrogens is 4. The van der Waals surface area contributed by atoms with Crippen molar-refractivity contribution in [3.05, 3.63) is 77.2 Å². The van der Waals surface area contributed by atoms with Crippen molar-refractivity contribution < 1.29 is 76.1 Å². The van der Waals surface area contributed by atoms with Gasteiger partial charge in [0.15, 0.2) is 10.8 Å². The predicted octanol–water partition coefficient (Wildman–Crippen LogP) is 7.92. The summed E-state index contributed by atoms with van der Waals surface area (Å²) in [6, 6.07) is 11.7. The van der Waals surface area contributed by atoms with Crippen molar-refractivity contribution in [3.63, 3.8) is 0 Å². The number of halogens is 5. The number of benzene rings is 2. The van der Waals surface area contributed by atoms with E-state index in [1.807, 2.05) is 0 Å². The third-order valence-corrected chi connectivity index (χ3v) is 9.77. The second-order valence-electron chi connectivity index (χ2n) is 15.6. The first-order valence-electron chi connectivity index (χ1n) is 19.4. The lowest BCUT2D eigenvalue weighted by atomic mass is 10.1. The molecule has 7 rings (SSSR count). The highest BCUT2D eigenvalue weighted by Gasteiger charge is 2.45. The summed E-state index contributed by atoms with van der Waals surface area (Å²) in [4.78, 5) is 62.2. The summed E-state index contributed by atoms with van der Waals surface area (Å²) in [5, 5.41) is 35.4. The highest BCUT2D eigenvalue weighted by molar-refractivity contribution is 6.30. The van der Waals surface area contributed by atoms with Crippen molar-refractivity contribution in [2.75, 3.05) is 19.8 Å². The molecule has 5 atom stereocenters. The Labute approximate surface area is 376 Å². The van der Waals surface area contributed by atoms with Crippen LogP contribution in [0.15, 0.2) is 60.7 Å². The van der Waals surface area contributed by atoms with Crippen LogP contribution in [-0.4, -0.2) is 119 Å². The number of alkyl halides is 4. The largest absolute Gasteiger partial charge is 0.508 e. The highest BCUT2D eigenvalue weighted by Crippen LogP contribution is 2.39. The van der Waals surface area contributed by atoms with Crippen LogP contribution in [0.25, 0.3) is 22.1 Å². The monoisotopic (exact) mass is 941 g/mol. The first kappa shape index (κ1) is 53.4. The molecule has 3 fully saturated rings. The van der Waals surface area contributed by atoms with Gasteiger partial charge in [-0.25, -0.2) is 34.3 Å². The lowest BCUT2D eigenvalue weighted by molar-refractivity contribution is -0.142. The molecule has 0 radical (unpaired) electrons. The van der Waals surface area contributed by atoms with Gasteiger partial charge < -0.3 is 39.4 Å². The van der Waals surface area contributed by atoms with Gasteiger partial charge in [-0.05, 0) is 70.4 Å². The number of allylic oxidation sites excluding steroid dienone is 1. The molecule has 2 aromatic carbocycles. The third kappa shape index (κ3) is 14.3. The van der Waals surface area contributed by atoms with Gasteiger partial charge in [-0.3, -0.25) is 9.69 Å². The SMILES string of the molecule is C.C.CC(C)(C)OC(=O)N1C[C@H](Oc2nc3ccccc3nc2C(F)(F)/C=C/CO)C[C@H]1C(=O)O.O=C(O)[C@H]1CC[C@H](O)C1.O=C1OCC(CC(F)(F)c2nc3ccccc3nc2Cl)O1. The fourth-order valence-electron chi connectivity index (χ4n) is 6.60. The number of hydrogen-bond donors (Lipinski definition) is 4. The minimum Gasteiger partial charge on any atom is -0.481 e. The van der Waals surface area contributed by atoms with E-state index in [1.165, 1.54) is 6.07 Å².